The number of hydrogen-bond donors (Lipinski definition) is 1. The van der Waals surface area contributed by atoms with Crippen LogP contribution in [-0.2, 0) is 16.8 Å². The number of ether oxygens (including phenoxy) is 1. The van der Waals surface area contributed by atoms with Crippen LogP contribution in [0.15, 0.2) is 51.9 Å². The van der Waals surface area contributed by atoms with Crippen LogP contribution < -0.4 is 5.56 Å². The Morgan fingerprint density at radius 3 is 2.83 bits per heavy atom. The summed E-state index contributed by atoms with van der Waals surface area (Å²) in [7, 11) is 0. The van der Waals surface area contributed by atoms with Crippen molar-refractivity contribution in [2.75, 3.05) is 13.2 Å². The summed E-state index contributed by atoms with van der Waals surface area (Å²) in [6, 6.07) is 11.3. The highest BCUT2D eigenvalue weighted by Gasteiger charge is 2.35. The van der Waals surface area contributed by atoms with Crippen molar-refractivity contribution in [3.8, 4) is 0 Å². The molecule has 1 saturated heterocycles. The van der Waals surface area contributed by atoms with Gasteiger partial charge in [0, 0.05) is 18.7 Å². The lowest BCUT2D eigenvalue weighted by molar-refractivity contribution is 0.0536. The van der Waals surface area contributed by atoms with Crippen LogP contribution >= 0.6 is 0 Å². The third kappa shape index (κ3) is 4.78. The molecule has 0 spiro atoms. The fourth-order valence-corrected chi connectivity index (χ4v) is 4.86. The molecule has 1 aliphatic heterocycles. The van der Waals surface area contributed by atoms with Gasteiger partial charge in [0.2, 0.25) is 0 Å². The van der Waals surface area contributed by atoms with E-state index in [1.807, 2.05) is 48.0 Å². The number of aromatic amines is 1. The first-order valence-electron chi connectivity index (χ1n) is 12.1. The van der Waals surface area contributed by atoms with Crippen molar-refractivity contribution >= 4 is 10.9 Å². The molecular formula is C26H32N6O3. The number of nitrogens with one attached hydrogen (secondary N) is 1. The molecule has 3 aromatic heterocycles. The summed E-state index contributed by atoms with van der Waals surface area (Å²) >= 11 is 0. The van der Waals surface area contributed by atoms with Crippen molar-refractivity contribution in [1.82, 2.24) is 30.1 Å². The quantitative estimate of drug-likeness (QED) is 0.431. The van der Waals surface area contributed by atoms with Gasteiger partial charge in [0.25, 0.3) is 5.56 Å². The van der Waals surface area contributed by atoms with Gasteiger partial charge in [0.05, 0.1) is 30.0 Å². The van der Waals surface area contributed by atoms with Crippen LogP contribution in [0.25, 0.3) is 10.9 Å². The van der Waals surface area contributed by atoms with Gasteiger partial charge in [-0.25, -0.2) is 4.68 Å². The molecule has 1 N–H and O–H groups in total. The maximum Gasteiger partial charge on any atom is 0.253 e. The van der Waals surface area contributed by atoms with Crippen molar-refractivity contribution in [2.45, 2.75) is 64.8 Å². The Balaban J connectivity index is 1.70. The predicted molar refractivity (Wildman–Crippen MR) is 132 cm³/mol. The lowest BCUT2D eigenvalue weighted by Gasteiger charge is -2.33. The van der Waals surface area contributed by atoms with Gasteiger partial charge in [-0.1, -0.05) is 18.2 Å². The lowest BCUT2D eigenvalue weighted by atomic mass is 10.00. The molecule has 0 amide bonds. The van der Waals surface area contributed by atoms with Gasteiger partial charge in [-0.15, -0.1) is 5.10 Å². The first-order chi connectivity index (χ1) is 16.8. The number of furan rings is 1. The molecule has 9 heteroatoms. The number of benzene rings is 1. The van der Waals surface area contributed by atoms with Crippen LogP contribution in [0.1, 0.15) is 62.4 Å². The minimum absolute atomic E-state index is 0.0632. The molecule has 0 bridgehead atoms. The second-order valence-electron chi connectivity index (χ2n) is 10.3. The topological polar surface area (TPSA) is 102 Å². The number of hydrogen-bond acceptors (Lipinski definition) is 7. The molecule has 184 valence electrons. The molecular weight excluding hydrogens is 444 g/mol. The Morgan fingerprint density at radius 1 is 1.26 bits per heavy atom. The van der Waals surface area contributed by atoms with E-state index in [0.717, 1.165) is 41.7 Å². The van der Waals surface area contributed by atoms with Crippen LogP contribution in [0.2, 0.25) is 0 Å². The highest BCUT2D eigenvalue weighted by Crippen LogP contribution is 2.32. The molecule has 35 heavy (non-hydrogen) atoms. The molecule has 9 nitrogen and oxygen atoms in total. The van der Waals surface area contributed by atoms with Gasteiger partial charge in [-0.3, -0.25) is 9.69 Å². The van der Waals surface area contributed by atoms with Gasteiger partial charge in [-0.05, 0) is 80.1 Å². The second-order valence-corrected chi connectivity index (χ2v) is 10.3. The van der Waals surface area contributed by atoms with Crippen molar-refractivity contribution in [3.63, 3.8) is 0 Å². The van der Waals surface area contributed by atoms with Gasteiger partial charge < -0.3 is 14.1 Å². The Hall–Kier alpha value is -3.30. The Kier molecular flexibility index (Phi) is 6.29. The number of rotatable bonds is 7. The molecule has 1 fully saturated rings. The molecule has 4 aromatic rings. The van der Waals surface area contributed by atoms with E-state index in [9.17, 15) is 4.79 Å². The van der Waals surface area contributed by atoms with E-state index in [-0.39, 0.29) is 17.2 Å². The Labute approximate surface area is 204 Å². The van der Waals surface area contributed by atoms with Gasteiger partial charge in [0.15, 0.2) is 5.82 Å². The van der Waals surface area contributed by atoms with Crippen LogP contribution in [0.4, 0.5) is 0 Å². The van der Waals surface area contributed by atoms with Gasteiger partial charge in [-0.2, -0.15) is 0 Å². The van der Waals surface area contributed by atoms with Gasteiger partial charge in [0.1, 0.15) is 11.8 Å². The number of nitrogens with zero attached hydrogens (tertiary/aromatic N) is 5. The SMILES string of the molecule is Cc1cccc2cc([C@H](c3nnnn3C(C)(C)C)N(Cc3ccco3)C[C@@H]3CCCO3)c(=O)[nH]c12. The summed E-state index contributed by atoms with van der Waals surface area (Å²) in [6.07, 6.45) is 3.73. The molecule has 1 aliphatic rings. The standard InChI is InChI=1S/C26H32N6O3/c1-17-8-5-9-18-14-21(25(33)27-22(17)18)23(24-28-29-30-32(24)26(2,3)4)31(15-19-10-6-12-34-19)16-20-11-7-13-35-20/h5-6,8-10,12,14,20,23H,7,11,13,15-16H2,1-4H3,(H,27,33)/t20-,23+/m0/s1. The number of tetrazole rings is 1. The minimum Gasteiger partial charge on any atom is -0.468 e. The maximum absolute atomic E-state index is 13.6. The van der Waals surface area contributed by atoms with Crippen LogP contribution in [0.3, 0.4) is 0 Å². The van der Waals surface area contributed by atoms with Crippen LogP contribution in [0, 0.1) is 6.92 Å². The maximum atomic E-state index is 13.6. The van der Waals surface area contributed by atoms with Crippen molar-refractivity contribution in [1.29, 1.82) is 0 Å². The largest absolute Gasteiger partial charge is 0.468 e. The Bertz CT molecular complexity index is 1350. The zero-order valence-corrected chi connectivity index (χ0v) is 20.7. The van der Waals surface area contributed by atoms with Crippen molar-refractivity contribution in [3.05, 3.63) is 75.7 Å². The number of aromatic nitrogens is 5. The highest BCUT2D eigenvalue weighted by molar-refractivity contribution is 5.82. The van der Waals surface area contributed by atoms with Crippen LogP contribution in [0.5, 0.6) is 0 Å². The van der Waals surface area contributed by atoms with E-state index in [2.05, 4.69) is 46.2 Å². The molecule has 0 aliphatic carbocycles. The molecule has 5 rings (SSSR count). The monoisotopic (exact) mass is 476 g/mol. The summed E-state index contributed by atoms with van der Waals surface area (Å²) in [4.78, 5) is 18.9. The van der Waals surface area contributed by atoms with E-state index in [0.29, 0.717) is 24.5 Å². The lowest BCUT2D eigenvalue weighted by Crippen LogP contribution is -2.40. The number of fused-ring (bicyclic) bond motifs is 1. The highest BCUT2D eigenvalue weighted by atomic mass is 16.5. The van der Waals surface area contributed by atoms with E-state index in [1.165, 1.54) is 0 Å². The molecule has 4 heterocycles. The number of aryl methyl sites for hydroxylation is 1. The average molecular weight is 477 g/mol. The van der Waals surface area contributed by atoms with Gasteiger partial charge >= 0.3 is 0 Å². The molecule has 0 saturated carbocycles. The first-order valence-corrected chi connectivity index (χ1v) is 12.1. The number of pyridine rings is 1. The van der Waals surface area contributed by atoms with Crippen molar-refractivity contribution in [2.24, 2.45) is 0 Å². The number of H-pyrrole nitrogens is 1. The predicted octanol–water partition coefficient (Wildman–Crippen LogP) is 3.94. The van der Waals surface area contributed by atoms with E-state index >= 15 is 0 Å². The Morgan fingerprint density at radius 2 is 2.11 bits per heavy atom. The zero-order valence-electron chi connectivity index (χ0n) is 20.7. The smallest absolute Gasteiger partial charge is 0.253 e. The summed E-state index contributed by atoms with van der Waals surface area (Å²) < 4.78 is 13.5. The number of para-hydroxylation sites is 1. The molecule has 2 atom stereocenters. The molecule has 1 aromatic carbocycles. The average Bonchev–Trinajstić information content (AvgIpc) is 3.58. The summed E-state index contributed by atoms with van der Waals surface area (Å²) in [5, 5.41) is 13.8. The van der Waals surface area contributed by atoms with E-state index < -0.39 is 6.04 Å². The zero-order chi connectivity index (χ0) is 24.6. The van der Waals surface area contributed by atoms with Crippen LogP contribution in [-0.4, -0.2) is 49.3 Å². The summed E-state index contributed by atoms with van der Waals surface area (Å²) in [5.74, 6) is 1.41. The second kappa shape index (κ2) is 9.39. The molecule has 0 radical (unpaired) electrons. The fourth-order valence-electron chi connectivity index (χ4n) is 4.86. The minimum atomic E-state index is -0.507. The molecule has 0 unspecified atom stereocenters. The van der Waals surface area contributed by atoms with Crippen molar-refractivity contribution < 1.29 is 9.15 Å². The van der Waals surface area contributed by atoms with E-state index in [4.69, 9.17) is 9.15 Å². The normalized spacial score (nSPS) is 17.5. The first kappa shape index (κ1) is 23.4. The summed E-state index contributed by atoms with van der Waals surface area (Å²) in [6.45, 7) is 10.0. The summed E-state index contributed by atoms with van der Waals surface area (Å²) in [5.41, 5.74) is 1.92. The third-order valence-electron chi connectivity index (χ3n) is 6.55. The fraction of sp³-hybridized carbons (Fsp3) is 0.462. The third-order valence-corrected chi connectivity index (χ3v) is 6.55. The van der Waals surface area contributed by atoms with E-state index in [1.54, 1.807) is 6.26 Å².